The smallest absolute Gasteiger partial charge is 0.0545 e. The number of hydrogen-bond donors (Lipinski definition) is 0. The Morgan fingerprint density at radius 1 is 1.22 bits per heavy atom. The lowest BCUT2D eigenvalue weighted by molar-refractivity contribution is 0.304. The van der Waals surface area contributed by atoms with Crippen LogP contribution in [0.25, 0.3) is 0 Å². The molecule has 0 heterocycles. The third-order valence-electron chi connectivity index (χ3n) is 5.25. The van der Waals surface area contributed by atoms with Crippen molar-refractivity contribution in [1.82, 2.24) is 0 Å². The van der Waals surface area contributed by atoms with Gasteiger partial charge in [0.25, 0.3) is 0 Å². The average molecular weight is 267 g/mol. The van der Waals surface area contributed by atoms with Crippen molar-refractivity contribution >= 4 is 8.07 Å². The van der Waals surface area contributed by atoms with Gasteiger partial charge in [-0.25, -0.2) is 0 Å². The van der Waals surface area contributed by atoms with Crippen LogP contribution in [-0.4, -0.2) is 8.07 Å². The van der Waals surface area contributed by atoms with Gasteiger partial charge in [0.2, 0.25) is 0 Å². The van der Waals surface area contributed by atoms with E-state index in [4.69, 9.17) is 0 Å². The van der Waals surface area contributed by atoms with Crippen LogP contribution in [0.4, 0.5) is 0 Å². The highest BCUT2D eigenvalue weighted by Crippen LogP contribution is 2.45. The van der Waals surface area contributed by atoms with E-state index in [9.17, 15) is 0 Å². The minimum absolute atomic E-state index is 0.911. The van der Waals surface area contributed by atoms with Crippen LogP contribution < -0.4 is 0 Å². The number of rotatable bonds is 7. The van der Waals surface area contributed by atoms with Crippen molar-refractivity contribution in [3.63, 3.8) is 0 Å². The van der Waals surface area contributed by atoms with Gasteiger partial charge in [0.1, 0.15) is 0 Å². The van der Waals surface area contributed by atoms with Gasteiger partial charge < -0.3 is 0 Å². The van der Waals surface area contributed by atoms with Crippen LogP contribution in [0.1, 0.15) is 58.8 Å². The summed E-state index contributed by atoms with van der Waals surface area (Å²) in [5.74, 6) is 1.95. The standard InChI is InChI=1S/C17H34Si/c1-6-13-18(4,5)17(14-15(3)7-2)16-11-9-8-10-12-16/h6,15-17H,1,7-14H2,2-5H3. The fourth-order valence-corrected chi connectivity index (χ4v) is 7.51. The van der Waals surface area contributed by atoms with E-state index >= 15 is 0 Å². The van der Waals surface area contributed by atoms with Crippen molar-refractivity contribution in [2.45, 2.75) is 83.5 Å². The van der Waals surface area contributed by atoms with Gasteiger partial charge >= 0.3 is 0 Å². The minimum Gasteiger partial charge on any atom is -0.103 e. The Balaban J connectivity index is 2.75. The van der Waals surface area contributed by atoms with Gasteiger partial charge in [-0.1, -0.05) is 71.5 Å². The van der Waals surface area contributed by atoms with E-state index < -0.39 is 8.07 Å². The van der Waals surface area contributed by atoms with Crippen molar-refractivity contribution in [1.29, 1.82) is 0 Å². The number of allylic oxidation sites excluding steroid dienone is 1. The van der Waals surface area contributed by atoms with Gasteiger partial charge in [0.15, 0.2) is 0 Å². The van der Waals surface area contributed by atoms with Crippen LogP contribution >= 0.6 is 0 Å². The molecule has 1 heteroatoms. The zero-order chi connectivity index (χ0) is 13.6. The molecule has 1 aliphatic carbocycles. The van der Waals surface area contributed by atoms with Crippen LogP contribution in [0.3, 0.4) is 0 Å². The highest BCUT2D eigenvalue weighted by atomic mass is 28.3. The molecular formula is C17H34Si. The predicted molar refractivity (Wildman–Crippen MR) is 86.9 cm³/mol. The summed E-state index contributed by atoms with van der Waals surface area (Å²) in [6.45, 7) is 14.0. The lowest BCUT2D eigenvalue weighted by Crippen LogP contribution is -2.38. The molecule has 0 radical (unpaired) electrons. The van der Waals surface area contributed by atoms with E-state index in [2.05, 4.69) is 39.6 Å². The zero-order valence-electron chi connectivity index (χ0n) is 13.2. The second kappa shape index (κ2) is 7.52. The lowest BCUT2D eigenvalue weighted by atomic mass is 9.83. The fraction of sp³-hybridized carbons (Fsp3) is 0.882. The second-order valence-electron chi connectivity index (χ2n) is 7.24. The summed E-state index contributed by atoms with van der Waals surface area (Å²) in [5, 5.41) is 0. The molecule has 2 atom stereocenters. The highest BCUT2D eigenvalue weighted by molar-refractivity contribution is 6.79. The molecule has 18 heavy (non-hydrogen) atoms. The van der Waals surface area contributed by atoms with Crippen LogP contribution in [0, 0.1) is 11.8 Å². The third kappa shape index (κ3) is 4.57. The Morgan fingerprint density at radius 3 is 2.33 bits per heavy atom. The van der Waals surface area contributed by atoms with Crippen molar-refractivity contribution in [3.8, 4) is 0 Å². The molecule has 1 aliphatic rings. The van der Waals surface area contributed by atoms with Crippen molar-refractivity contribution < 1.29 is 0 Å². The molecule has 0 aromatic heterocycles. The second-order valence-corrected chi connectivity index (χ2v) is 12.4. The first kappa shape index (κ1) is 16.0. The summed E-state index contributed by atoms with van der Waals surface area (Å²) in [7, 11) is -1.12. The molecular weight excluding hydrogens is 232 g/mol. The fourth-order valence-electron chi connectivity index (χ4n) is 3.81. The number of hydrogen-bond acceptors (Lipinski definition) is 0. The summed E-state index contributed by atoms with van der Waals surface area (Å²) in [5.41, 5.74) is 1.03. The summed E-state index contributed by atoms with van der Waals surface area (Å²) in [6, 6.07) is 1.31. The molecule has 0 bridgehead atoms. The minimum atomic E-state index is -1.12. The molecule has 0 amide bonds. The van der Waals surface area contributed by atoms with Crippen LogP contribution in [0.15, 0.2) is 12.7 Å². The first-order valence-corrected chi connectivity index (χ1v) is 11.4. The molecule has 1 saturated carbocycles. The Labute approximate surface area is 116 Å². The third-order valence-corrected chi connectivity index (χ3v) is 9.30. The highest BCUT2D eigenvalue weighted by Gasteiger charge is 2.37. The van der Waals surface area contributed by atoms with E-state index in [1.54, 1.807) is 0 Å². The molecule has 0 N–H and O–H groups in total. The molecule has 0 nitrogen and oxygen atoms in total. The van der Waals surface area contributed by atoms with E-state index in [1.807, 2.05) is 0 Å². The van der Waals surface area contributed by atoms with Crippen molar-refractivity contribution in [3.05, 3.63) is 12.7 Å². The van der Waals surface area contributed by atoms with Gasteiger partial charge in [-0.3, -0.25) is 0 Å². The summed E-state index contributed by atoms with van der Waals surface area (Å²) >= 11 is 0. The molecule has 0 aromatic rings. The first-order chi connectivity index (χ1) is 8.51. The molecule has 0 aliphatic heterocycles. The molecule has 1 fully saturated rings. The SMILES string of the molecule is C=CC[Si](C)(C)C(CC(C)CC)C1CCCCC1. The van der Waals surface area contributed by atoms with Gasteiger partial charge in [0, 0.05) is 0 Å². The van der Waals surface area contributed by atoms with E-state index in [0.717, 1.165) is 17.4 Å². The quantitative estimate of drug-likeness (QED) is 0.376. The summed E-state index contributed by atoms with van der Waals surface area (Å²) < 4.78 is 0. The normalized spacial score (nSPS) is 21.6. The van der Waals surface area contributed by atoms with E-state index in [-0.39, 0.29) is 0 Å². The predicted octanol–water partition coefficient (Wildman–Crippen LogP) is 6.27. The van der Waals surface area contributed by atoms with Crippen LogP contribution in [0.5, 0.6) is 0 Å². The van der Waals surface area contributed by atoms with E-state index in [0.29, 0.717) is 0 Å². The Hall–Kier alpha value is -0.0431. The monoisotopic (exact) mass is 266 g/mol. The Morgan fingerprint density at radius 2 is 1.83 bits per heavy atom. The van der Waals surface area contributed by atoms with Crippen LogP contribution in [0.2, 0.25) is 24.7 Å². The van der Waals surface area contributed by atoms with Gasteiger partial charge in [-0.15, -0.1) is 6.58 Å². The van der Waals surface area contributed by atoms with Gasteiger partial charge in [0.05, 0.1) is 8.07 Å². The maximum absolute atomic E-state index is 4.01. The maximum atomic E-state index is 4.01. The van der Waals surface area contributed by atoms with E-state index in [1.165, 1.54) is 51.0 Å². The maximum Gasteiger partial charge on any atom is 0.0545 e. The van der Waals surface area contributed by atoms with Gasteiger partial charge in [-0.2, -0.15) is 0 Å². The van der Waals surface area contributed by atoms with Crippen LogP contribution in [-0.2, 0) is 0 Å². The largest absolute Gasteiger partial charge is 0.103 e. The lowest BCUT2D eigenvalue weighted by Gasteiger charge is -2.41. The Bertz CT molecular complexity index is 238. The first-order valence-electron chi connectivity index (χ1n) is 8.12. The van der Waals surface area contributed by atoms with Crippen molar-refractivity contribution in [2.75, 3.05) is 0 Å². The summed E-state index contributed by atoms with van der Waals surface area (Å²) in [4.78, 5) is 0. The summed E-state index contributed by atoms with van der Waals surface area (Å²) in [6.07, 6.45) is 12.5. The Kier molecular flexibility index (Phi) is 6.69. The zero-order valence-corrected chi connectivity index (χ0v) is 14.2. The molecule has 0 aromatic carbocycles. The molecule has 2 unspecified atom stereocenters. The molecule has 1 rings (SSSR count). The van der Waals surface area contributed by atoms with Gasteiger partial charge in [-0.05, 0) is 29.8 Å². The molecule has 106 valence electrons. The molecule has 0 saturated heterocycles. The average Bonchev–Trinajstić information content (AvgIpc) is 2.36. The topological polar surface area (TPSA) is 0 Å². The molecule has 0 spiro atoms. The van der Waals surface area contributed by atoms with Crippen molar-refractivity contribution in [2.24, 2.45) is 11.8 Å².